The van der Waals surface area contributed by atoms with Gasteiger partial charge in [0.2, 0.25) is 5.95 Å². The Labute approximate surface area is 174 Å². The van der Waals surface area contributed by atoms with E-state index >= 15 is 0 Å². The van der Waals surface area contributed by atoms with Crippen LogP contribution in [0, 0.1) is 5.92 Å². The number of nitrogens with zero attached hydrogens (tertiary/aromatic N) is 4. The molecule has 30 heavy (non-hydrogen) atoms. The van der Waals surface area contributed by atoms with Crippen molar-refractivity contribution in [2.24, 2.45) is 5.92 Å². The van der Waals surface area contributed by atoms with Gasteiger partial charge in [0.1, 0.15) is 17.7 Å². The minimum atomic E-state index is -0.656. The predicted octanol–water partition coefficient (Wildman–Crippen LogP) is 1.75. The van der Waals surface area contributed by atoms with E-state index in [4.69, 9.17) is 9.47 Å². The lowest BCUT2D eigenvalue weighted by Crippen LogP contribution is -2.45. The van der Waals surface area contributed by atoms with Crippen molar-refractivity contribution in [2.75, 3.05) is 25.1 Å². The highest BCUT2D eigenvalue weighted by Gasteiger charge is 2.41. The topological polar surface area (TPSA) is 127 Å². The number of alkyl carbamates (subject to hydrolysis) is 1. The maximum Gasteiger partial charge on any atom is 0.407 e. The molecule has 10 nitrogen and oxygen atoms in total. The highest BCUT2D eigenvalue weighted by atomic mass is 16.6. The van der Waals surface area contributed by atoms with Crippen molar-refractivity contribution in [3.63, 3.8) is 0 Å². The van der Waals surface area contributed by atoms with Gasteiger partial charge in [0.05, 0.1) is 19.1 Å². The van der Waals surface area contributed by atoms with E-state index in [0.29, 0.717) is 23.9 Å². The fourth-order valence-corrected chi connectivity index (χ4v) is 3.15. The third-order valence-electron chi connectivity index (χ3n) is 4.49. The largest absolute Gasteiger partial charge is 0.508 e. The minimum absolute atomic E-state index is 0.143. The summed E-state index contributed by atoms with van der Waals surface area (Å²) in [5, 5.41) is 12.2. The minimum Gasteiger partial charge on any atom is -0.508 e. The third kappa shape index (κ3) is 5.13. The van der Waals surface area contributed by atoms with E-state index in [1.54, 1.807) is 49.9 Å². The number of carbonyl (C=O) groups excluding carboxylic acids is 2. The first-order valence-electron chi connectivity index (χ1n) is 9.47. The van der Waals surface area contributed by atoms with Crippen LogP contribution in [0.1, 0.15) is 20.8 Å². The van der Waals surface area contributed by atoms with Gasteiger partial charge in [-0.3, -0.25) is 4.79 Å². The molecular formula is C20H25N5O5. The van der Waals surface area contributed by atoms with Gasteiger partial charge < -0.3 is 24.8 Å². The monoisotopic (exact) mass is 415 g/mol. The van der Waals surface area contributed by atoms with Gasteiger partial charge in [0, 0.05) is 18.7 Å². The molecule has 2 atom stereocenters. The Kier molecular flexibility index (Phi) is 6.04. The second-order valence-electron chi connectivity index (χ2n) is 7.94. The first kappa shape index (κ1) is 21.3. The van der Waals surface area contributed by atoms with E-state index in [-0.39, 0.29) is 12.3 Å². The van der Waals surface area contributed by atoms with Crippen LogP contribution in [0.15, 0.2) is 30.6 Å². The number of methoxy groups -OCH3 is 1. The molecule has 3 rings (SSSR count). The molecule has 0 saturated carbocycles. The van der Waals surface area contributed by atoms with Gasteiger partial charge in [-0.25, -0.2) is 14.8 Å². The van der Waals surface area contributed by atoms with Crippen LogP contribution in [0.3, 0.4) is 0 Å². The van der Waals surface area contributed by atoms with Crippen LogP contribution < -0.4 is 10.2 Å². The van der Waals surface area contributed by atoms with E-state index in [9.17, 15) is 14.7 Å². The molecule has 10 heteroatoms. The first-order valence-corrected chi connectivity index (χ1v) is 9.47. The van der Waals surface area contributed by atoms with Gasteiger partial charge in [-0.2, -0.15) is 4.98 Å². The number of anilines is 1. The zero-order chi connectivity index (χ0) is 21.9. The molecule has 2 heterocycles. The molecule has 0 bridgehead atoms. The molecule has 0 radical (unpaired) electrons. The van der Waals surface area contributed by atoms with Crippen molar-refractivity contribution in [1.82, 2.24) is 20.3 Å². The van der Waals surface area contributed by atoms with Crippen LogP contribution in [0.25, 0.3) is 11.4 Å². The number of carbonyl (C=O) groups is 2. The van der Waals surface area contributed by atoms with Gasteiger partial charge in [-0.15, -0.1) is 0 Å². The average Bonchev–Trinajstić information content (AvgIpc) is 3.10. The number of hydrogen-bond donors (Lipinski definition) is 2. The summed E-state index contributed by atoms with van der Waals surface area (Å²) in [6.45, 7) is 5.87. The highest BCUT2D eigenvalue weighted by Crippen LogP contribution is 2.25. The van der Waals surface area contributed by atoms with E-state index in [1.807, 2.05) is 0 Å². The zero-order valence-electron chi connectivity index (χ0n) is 17.3. The molecule has 1 aromatic carbocycles. The molecule has 1 saturated heterocycles. The van der Waals surface area contributed by atoms with Crippen LogP contribution in [0.4, 0.5) is 10.7 Å². The molecule has 1 amide bonds. The number of amides is 1. The molecule has 160 valence electrons. The number of aromatic nitrogens is 3. The summed E-state index contributed by atoms with van der Waals surface area (Å²) < 4.78 is 10.2. The molecule has 1 aromatic heterocycles. The van der Waals surface area contributed by atoms with Gasteiger partial charge in [-0.05, 0) is 45.0 Å². The molecule has 2 N–H and O–H groups in total. The lowest BCUT2D eigenvalue weighted by molar-refractivity contribution is -0.145. The molecule has 1 aliphatic rings. The number of esters is 1. The van der Waals surface area contributed by atoms with Crippen LogP contribution in [-0.4, -0.2) is 64.0 Å². The van der Waals surface area contributed by atoms with Gasteiger partial charge >= 0.3 is 12.1 Å². The molecule has 2 aromatic rings. The first-order chi connectivity index (χ1) is 14.2. The van der Waals surface area contributed by atoms with E-state index in [2.05, 4.69) is 20.3 Å². The number of ether oxygens (including phenoxy) is 2. The molecule has 0 aliphatic carbocycles. The summed E-state index contributed by atoms with van der Waals surface area (Å²) >= 11 is 0. The van der Waals surface area contributed by atoms with E-state index in [0.717, 1.165) is 0 Å². The zero-order valence-corrected chi connectivity index (χ0v) is 17.3. The Morgan fingerprint density at radius 2 is 1.87 bits per heavy atom. The maximum atomic E-state index is 12.3. The van der Waals surface area contributed by atoms with Crippen LogP contribution in [0.5, 0.6) is 5.75 Å². The predicted molar refractivity (Wildman–Crippen MR) is 108 cm³/mol. The van der Waals surface area contributed by atoms with Crippen molar-refractivity contribution < 1.29 is 24.2 Å². The summed E-state index contributed by atoms with van der Waals surface area (Å²) in [6, 6.07) is 5.96. The maximum absolute atomic E-state index is 12.3. The molecule has 2 unspecified atom stereocenters. The van der Waals surface area contributed by atoms with Crippen molar-refractivity contribution in [3.05, 3.63) is 30.6 Å². The summed E-state index contributed by atoms with van der Waals surface area (Å²) in [6.07, 6.45) is 0.774. The third-order valence-corrected chi connectivity index (χ3v) is 4.49. The fourth-order valence-electron chi connectivity index (χ4n) is 3.15. The standard InChI is InChI=1S/C20H25N5O5/c1-20(2,3)30-19(28)23-15-10-25(9-14(15)17(27)29-4)18-22-11-21-16(24-18)12-5-7-13(26)8-6-12/h5-8,11,14-15,26H,9-10H2,1-4H3,(H,23,28). The normalized spacial score (nSPS) is 18.7. The van der Waals surface area contributed by atoms with Crippen molar-refractivity contribution in [3.8, 4) is 17.1 Å². The quantitative estimate of drug-likeness (QED) is 0.718. The van der Waals surface area contributed by atoms with Gasteiger partial charge in [0.25, 0.3) is 0 Å². The number of rotatable bonds is 4. The Balaban J connectivity index is 1.79. The fraction of sp³-hybridized carbons (Fsp3) is 0.450. The summed E-state index contributed by atoms with van der Waals surface area (Å²) in [7, 11) is 1.31. The smallest absolute Gasteiger partial charge is 0.407 e. The Hall–Kier alpha value is -3.43. The Morgan fingerprint density at radius 3 is 2.50 bits per heavy atom. The Morgan fingerprint density at radius 1 is 1.17 bits per heavy atom. The number of phenolic OH excluding ortho intramolecular Hbond substituents is 1. The molecular weight excluding hydrogens is 390 g/mol. The van der Waals surface area contributed by atoms with E-state index in [1.165, 1.54) is 13.4 Å². The number of aromatic hydroxyl groups is 1. The SMILES string of the molecule is COC(=O)C1CN(c2ncnc(-c3ccc(O)cc3)n2)CC1NC(=O)OC(C)(C)C. The summed E-state index contributed by atoms with van der Waals surface area (Å²) in [5.74, 6) is -0.0963. The van der Waals surface area contributed by atoms with Crippen LogP contribution in [-0.2, 0) is 14.3 Å². The van der Waals surface area contributed by atoms with Crippen molar-refractivity contribution in [1.29, 1.82) is 0 Å². The second kappa shape index (κ2) is 8.52. The lowest BCUT2D eigenvalue weighted by atomic mass is 10.0. The van der Waals surface area contributed by atoms with Gasteiger partial charge in [-0.1, -0.05) is 0 Å². The molecule has 1 fully saturated rings. The van der Waals surface area contributed by atoms with Crippen LogP contribution in [0.2, 0.25) is 0 Å². The number of phenols is 1. The highest BCUT2D eigenvalue weighted by molar-refractivity contribution is 5.77. The average molecular weight is 415 g/mol. The summed E-state index contributed by atoms with van der Waals surface area (Å²) in [4.78, 5) is 39.1. The number of nitrogens with one attached hydrogen (secondary N) is 1. The van der Waals surface area contributed by atoms with Crippen LogP contribution >= 0.6 is 0 Å². The van der Waals surface area contributed by atoms with E-state index < -0.39 is 29.6 Å². The second-order valence-corrected chi connectivity index (χ2v) is 7.94. The van der Waals surface area contributed by atoms with Crippen molar-refractivity contribution in [2.45, 2.75) is 32.4 Å². The number of hydrogen-bond acceptors (Lipinski definition) is 9. The number of benzene rings is 1. The van der Waals surface area contributed by atoms with Crippen molar-refractivity contribution >= 4 is 18.0 Å². The molecule has 0 spiro atoms. The molecule has 1 aliphatic heterocycles. The lowest BCUT2D eigenvalue weighted by Gasteiger charge is -2.23. The summed E-state index contributed by atoms with van der Waals surface area (Å²) in [5.41, 5.74) is 0.0553. The Bertz CT molecular complexity index is 913. The van der Waals surface area contributed by atoms with Gasteiger partial charge in [0.15, 0.2) is 5.82 Å².